The highest BCUT2D eigenvalue weighted by molar-refractivity contribution is 5.89. The lowest BCUT2D eigenvalue weighted by Crippen LogP contribution is -2.49. The van der Waals surface area contributed by atoms with Crippen molar-refractivity contribution < 1.29 is 9.59 Å². The van der Waals surface area contributed by atoms with Gasteiger partial charge in [0, 0.05) is 24.8 Å². The summed E-state index contributed by atoms with van der Waals surface area (Å²) in [5, 5.41) is 9.06. The fourth-order valence-electron chi connectivity index (χ4n) is 2.96. The van der Waals surface area contributed by atoms with Crippen molar-refractivity contribution >= 4 is 17.6 Å². The van der Waals surface area contributed by atoms with Gasteiger partial charge in [0.15, 0.2) is 0 Å². The maximum atomic E-state index is 12.1. The van der Waals surface area contributed by atoms with Gasteiger partial charge >= 0.3 is 6.03 Å². The Kier molecular flexibility index (Phi) is 5.69. The second kappa shape index (κ2) is 8.15. The molecule has 3 N–H and O–H groups in total. The Hall–Kier alpha value is -2.08. The summed E-state index contributed by atoms with van der Waals surface area (Å²) < 4.78 is 0. The van der Waals surface area contributed by atoms with Crippen LogP contribution in [-0.2, 0) is 4.79 Å². The molecule has 2 aliphatic rings. The maximum absolute atomic E-state index is 12.1. The number of urea groups is 1. The van der Waals surface area contributed by atoms with E-state index < -0.39 is 0 Å². The number of hydrogen-bond donors (Lipinski definition) is 3. The molecule has 0 atom stereocenters. The fraction of sp³-hybridized carbons (Fsp3) is 0.556. The topological polar surface area (TPSA) is 73.5 Å². The van der Waals surface area contributed by atoms with E-state index in [1.807, 2.05) is 35.2 Å². The molecule has 1 heterocycles. The molecule has 24 heavy (non-hydrogen) atoms. The third-order valence-corrected chi connectivity index (χ3v) is 4.62. The molecule has 1 aromatic carbocycles. The molecule has 3 amide bonds. The number of carbonyl (C=O) groups is 2. The van der Waals surface area contributed by atoms with E-state index in [4.69, 9.17) is 0 Å². The predicted molar refractivity (Wildman–Crippen MR) is 93.8 cm³/mol. The first-order valence-electron chi connectivity index (χ1n) is 8.82. The number of para-hydroxylation sites is 1. The summed E-state index contributed by atoms with van der Waals surface area (Å²) in [6.07, 6.45) is 4.19. The molecule has 6 nitrogen and oxygen atoms in total. The van der Waals surface area contributed by atoms with Gasteiger partial charge in [0.2, 0.25) is 5.91 Å². The highest BCUT2D eigenvalue weighted by atomic mass is 16.2. The molecule has 0 unspecified atom stereocenters. The first-order chi connectivity index (χ1) is 11.7. The minimum Gasteiger partial charge on any atom is -0.341 e. The van der Waals surface area contributed by atoms with E-state index in [-0.39, 0.29) is 18.0 Å². The van der Waals surface area contributed by atoms with E-state index >= 15 is 0 Å². The third kappa shape index (κ3) is 5.23. The number of nitrogens with one attached hydrogen (secondary N) is 3. The lowest BCUT2D eigenvalue weighted by Gasteiger charge is -2.32. The molecule has 1 aromatic rings. The van der Waals surface area contributed by atoms with Crippen molar-refractivity contribution in [2.24, 2.45) is 5.92 Å². The van der Waals surface area contributed by atoms with Crippen LogP contribution in [0.5, 0.6) is 0 Å². The van der Waals surface area contributed by atoms with Crippen molar-refractivity contribution in [2.75, 3.05) is 31.5 Å². The fourth-order valence-corrected chi connectivity index (χ4v) is 2.96. The maximum Gasteiger partial charge on any atom is 0.319 e. The summed E-state index contributed by atoms with van der Waals surface area (Å²) in [5.41, 5.74) is 0.782. The molecule has 1 aliphatic carbocycles. The van der Waals surface area contributed by atoms with E-state index in [1.165, 1.54) is 12.8 Å². The Labute approximate surface area is 143 Å². The van der Waals surface area contributed by atoms with E-state index in [0.717, 1.165) is 31.0 Å². The zero-order chi connectivity index (χ0) is 16.8. The van der Waals surface area contributed by atoms with E-state index in [1.54, 1.807) is 0 Å². The van der Waals surface area contributed by atoms with E-state index in [0.29, 0.717) is 19.6 Å². The molecular formula is C18H26N4O2. The molecule has 0 aromatic heterocycles. The SMILES string of the molecule is O=C(Nc1ccccc1)NC1CCN(C(=O)CNCC2CC2)CC1. The predicted octanol–water partition coefficient (Wildman–Crippen LogP) is 1.80. The van der Waals surface area contributed by atoms with Crippen LogP contribution in [0.15, 0.2) is 30.3 Å². The van der Waals surface area contributed by atoms with Gasteiger partial charge in [-0.05, 0) is 50.3 Å². The Morgan fingerprint density at radius 1 is 1.04 bits per heavy atom. The molecule has 1 saturated heterocycles. The van der Waals surface area contributed by atoms with Gasteiger partial charge < -0.3 is 20.9 Å². The molecule has 130 valence electrons. The van der Waals surface area contributed by atoms with Crippen LogP contribution >= 0.6 is 0 Å². The van der Waals surface area contributed by atoms with Crippen LogP contribution in [0.1, 0.15) is 25.7 Å². The molecule has 3 rings (SSSR count). The van der Waals surface area contributed by atoms with Gasteiger partial charge in [-0.1, -0.05) is 18.2 Å². The van der Waals surface area contributed by atoms with Gasteiger partial charge in [0.05, 0.1) is 6.54 Å². The van der Waals surface area contributed by atoms with Crippen LogP contribution in [-0.4, -0.2) is 49.1 Å². The van der Waals surface area contributed by atoms with Crippen molar-refractivity contribution in [3.8, 4) is 0 Å². The summed E-state index contributed by atoms with van der Waals surface area (Å²) in [4.78, 5) is 26.0. The Balaban J connectivity index is 1.33. The molecular weight excluding hydrogens is 304 g/mol. The van der Waals surface area contributed by atoms with Crippen LogP contribution < -0.4 is 16.0 Å². The summed E-state index contributed by atoms with van der Waals surface area (Å²) in [6, 6.07) is 9.34. The number of piperidine rings is 1. The highest BCUT2D eigenvalue weighted by Crippen LogP contribution is 2.27. The smallest absolute Gasteiger partial charge is 0.319 e. The monoisotopic (exact) mass is 330 g/mol. The third-order valence-electron chi connectivity index (χ3n) is 4.62. The number of likely N-dealkylation sites (tertiary alicyclic amines) is 1. The quantitative estimate of drug-likeness (QED) is 0.745. The lowest BCUT2D eigenvalue weighted by molar-refractivity contribution is -0.131. The Bertz CT molecular complexity index is 551. The zero-order valence-corrected chi connectivity index (χ0v) is 14.0. The normalized spacial score (nSPS) is 18.2. The van der Waals surface area contributed by atoms with E-state index in [9.17, 15) is 9.59 Å². The molecule has 1 aliphatic heterocycles. The van der Waals surface area contributed by atoms with Gasteiger partial charge in [0.25, 0.3) is 0 Å². The molecule has 1 saturated carbocycles. The van der Waals surface area contributed by atoms with Gasteiger partial charge in [-0.2, -0.15) is 0 Å². The van der Waals surface area contributed by atoms with Gasteiger partial charge in [-0.3, -0.25) is 4.79 Å². The van der Waals surface area contributed by atoms with Crippen LogP contribution in [0.25, 0.3) is 0 Å². The van der Waals surface area contributed by atoms with Crippen LogP contribution in [0.4, 0.5) is 10.5 Å². The second-order valence-electron chi connectivity index (χ2n) is 6.69. The lowest BCUT2D eigenvalue weighted by atomic mass is 10.1. The Morgan fingerprint density at radius 2 is 1.75 bits per heavy atom. The largest absolute Gasteiger partial charge is 0.341 e. The van der Waals surface area contributed by atoms with Crippen molar-refractivity contribution in [1.82, 2.24) is 15.5 Å². The van der Waals surface area contributed by atoms with Crippen molar-refractivity contribution in [1.29, 1.82) is 0 Å². The van der Waals surface area contributed by atoms with Crippen LogP contribution in [0.2, 0.25) is 0 Å². The minimum absolute atomic E-state index is 0.122. The Morgan fingerprint density at radius 3 is 2.42 bits per heavy atom. The van der Waals surface area contributed by atoms with Crippen LogP contribution in [0, 0.1) is 5.92 Å². The molecule has 0 spiro atoms. The minimum atomic E-state index is -0.183. The van der Waals surface area contributed by atoms with E-state index in [2.05, 4.69) is 16.0 Å². The average Bonchev–Trinajstić information content (AvgIpc) is 3.40. The standard InChI is InChI=1S/C18H26N4O2/c23-17(13-19-12-14-6-7-14)22-10-8-16(9-11-22)21-18(24)20-15-4-2-1-3-5-15/h1-5,14,16,19H,6-13H2,(H2,20,21,24). The summed E-state index contributed by atoms with van der Waals surface area (Å²) in [7, 11) is 0. The van der Waals surface area contributed by atoms with Crippen LogP contribution in [0.3, 0.4) is 0 Å². The molecule has 0 radical (unpaired) electrons. The number of nitrogens with zero attached hydrogens (tertiary/aromatic N) is 1. The number of hydrogen-bond acceptors (Lipinski definition) is 3. The summed E-state index contributed by atoms with van der Waals surface area (Å²) in [6.45, 7) is 2.81. The number of benzene rings is 1. The summed E-state index contributed by atoms with van der Waals surface area (Å²) >= 11 is 0. The van der Waals surface area contributed by atoms with Crippen molar-refractivity contribution in [2.45, 2.75) is 31.7 Å². The molecule has 0 bridgehead atoms. The van der Waals surface area contributed by atoms with Crippen molar-refractivity contribution in [3.63, 3.8) is 0 Å². The first kappa shape index (κ1) is 16.8. The number of anilines is 1. The van der Waals surface area contributed by atoms with Gasteiger partial charge in [-0.25, -0.2) is 4.79 Å². The number of amides is 3. The average molecular weight is 330 g/mol. The number of rotatable bonds is 6. The van der Waals surface area contributed by atoms with Crippen molar-refractivity contribution in [3.05, 3.63) is 30.3 Å². The van der Waals surface area contributed by atoms with Gasteiger partial charge in [0.1, 0.15) is 0 Å². The first-order valence-corrected chi connectivity index (χ1v) is 8.82. The zero-order valence-electron chi connectivity index (χ0n) is 14.0. The highest BCUT2D eigenvalue weighted by Gasteiger charge is 2.25. The second-order valence-corrected chi connectivity index (χ2v) is 6.69. The number of carbonyl (C=O) groups excluding carboxylic acids is 2. The van der Waals surface area contributed by atoms with Gasteiger partial charge in [-0.15, -0.1) is 0 Å². The molecule has 2 fully saturated rings. The summed E-state index contributed by atoms with van der Waals surface area (Å²) in [5.74, 6) is 0.957. The molecule has 6 heteroatoms.